The smallest absolute Gasteiger partial charge is 0.0459 e. The Bertz CT molecular complexity index is 111. The fraction of sp³-hybridized carbons (Fsp3) is 1.00. The summed E-state index contributed by atoms with van der Waals surface area (Å²) in [7, 11) is 0. The third-order valence-corrected chi connectivity index (χ3v) is 3.17. The lowest BCUT2D eigenvalue weighted by Crippen LogP contribution is -2.08. The molecule has 0 aliphatic heterocycles. The first-order valence-electron chi connectivity index (χ1n) is 6.00. The average molecular weight is 202 g/mol. The van der Waals surface area contributed by atoms with E-state index in [4.69, 9.17) is 10.2 Å². The number of hydrogen-bond donors (Lipinski definition) is 2. The highest BCUT2D eigenvalue weighted by Crippen LogP contribution is 2.21. The minimum absolute atomic E-state index is 0.313. The van der Waals surface area contributed by atoms with Gasteiger partial charge in [0.15, 0.2) is 0 Å². The molecular weight excluding hydrogens is 176 g/mol. The van der Waals surface area contributed by atoms with Gasteiger partial charge in [-0.2, -0.15) is 0 Å². The number of rotatable bonds is 9. The van der Waals surface area contributed by atoms with Gasteiger partial charge in [-0.05, 0) is 31.1 Å². The molecule has 0 bridgehead atoms. The van der Waals surface area contributed by atoms with E-state index < -0.39 is 0 Å². The quantitative estimate of drug-likeness (QED) is 0.603. The highest BCUT2D eigenvalue weighted by Gasteiger charge is 2.10. The molecule has 2 nitrogen and oxygen atoms in total. The van der Waals surface area contributed by atoms with Crippen molar-refractivity contribution >= 4 is 0 Å². The molecule has 0 heterocycles. The van der Waals surface area contributed by atoms with Crippen molar-refractivity contribution in [1.29, 1.82) is 0 Å². The molecule has 0 radical (unpaired) electrons. The van der Waals surface area contributed by atoms with E-state index >= 15 is 0 Å². The third kappa shape index (κ3) is 6.39. The fourth-order valence-corrected chi connectivity index (χ4v) is 1.83. The standard InChI is InChI=1S/C12H26O2/c1-3-11(6-5-9-13)7-8-12(4-2)10-14/h11-14H,3-10H2,1-2H3. The zero-order valence-corrected chi connectivity index (χ0v) is 9.71. The Kier molecular flexibility index (Phi) is 9.42. The summed E-state index contributed by atoms with van der Waals surface area (Å²) >= 11 is 0. The lowest BCUT2D eigenvalue weighted by Gasteiger charge is -2.17. The molecule has 14 heavy (non-hydrogen) atoms. The average Bonchev–Trinajstić information content (AvgIpc) is 2.23. The third-order valence-electron chi connectivity index (χ3n) is 3.17. The fourth-order valence-electron chi connectivity index (χ4n) is 1.83. The second kappa shape index (κ2) is 9.47. The minimum atomic E-state index is 0.313. The molecule has 86 valence electrons. The van der Waals surface area contributed by atoms with Crippen LogP contribution in [0, 0.1) is 11.8 Å². The lowest BCUT2D eigenvalue weighted by atomic mass is 9.90. The maximum absolute atomic E-state index is 9.05. The van der Waals surface area contributed by atoms with Gasteiger partial charge in [0.2, 0.25) is 0 Å². The molecule has 0 aliphatic carbocycles. The maximum Gasteiger partial charge on any atom is 0.0459 e. The Morgan fingerprint density at radius 3 is 1.86 bits per heavy atom. The summed E-state index contributed by atoms with van der Waals surface area (Å²) in [5, 5.41) is 17.8. The van der Waals surface area contributed by atoms with Crippen molar-refractivity contribution in [3.05, 3.63) is 0 Å². The van der Waals surface area contributed by atoms with Crippen LogP contribution in [0.2, 0.25) is 0 Å². The van der Waals surface area contributed by atoms with Crippen molar-refractivity contribution in [3.8, 4) is 0 Å². The molecule has 0 rings (SSSR count). The summed E-state index contributed by atoms with van der Waals surface area (Å²) in [6.07, 6.45) is 6.67. The van der Waals surface area contributed by atoms with Gasteiger partial charge in [-0.15, -0.1) is 0 Å². The first kappa shape index (κ1) is 13.9. The predicted molar refractivity (Wildman–Crippen MR) is 60.2 cm³/mol. The Labute approximate surface area is 88.3 Å². The molecule has 0 saturated carbocycles. The van der Waals surface area contributed by atoms with E-state index in [9.17, 15) is 0 Å². The van der Waals surface area contributed by atoms with Gasteiger partial charge in [-0.25, -0.2) is 0 Å². The summed E-state index contributed by atoms with van der Waals surface area (Å²) in [6.45, 7) is 4.98. The largest absolute Gasteiger partial charge is 0.396 e. The first-order chi connectivity index (χ1) is 6.78. The molecule has 2 N–H and O–H groups in total. The van der Waals surface area contributed by atoms with E-state index in [0.717, 1.165) is 31.6 Å². The van der Waals surface area contributed by atoms with Crippen molar-refractivity contribution in [1.82, 2.24) is 0 Å². The molecule has 0 aromatic rings. The van der Waals surface area contributed by atoms with Crippen LogP contribution < -0.4 is 0 Å². The molecule has 2 heteroatoms. The molecule has 0 spiro atoms. The van der Waals surface area contributed by atoms with E-state index in [1.807, 2.05) is 0 Å². The van der Waals surface area contributed by atoms with E-state index in [2.05, 4.69) is 13.8 Å². The zero-order valence-electron chi connectivity index (χ0n) is 9.71. The number of aliphatic hydroxyl groups excluding tert-OH is 2. The van der Waals surface area contributed by atoms with Crippen LogP contribution in [0.5, 0.6) is 0 Å². The van der Waals surface area contributed by atoms with Crippen LogP contribution in [0.4, 0.5) is 0 Å². The van der Waals surface area contributed by atoms with Gasteiger partial charge in [0.1, 0.15) is 0 Å². The van der Waals surface area contributed by atoms with Crippen molar-refractivity contribution < 1.29 is 10.2 Å². The van der Waals surface area contributed by atoms with Crippen LogP contribution in [0.1, 0.15) is 52.4 Å². The van der Waals surface area contributed by atoms with Crippen molar-refractivity contribution in [2.45, 2.75) is 52.4 Å². The van der Waals surface area contributed by atoms with Gasteiger partial charge < -0.3 is 10.2 Å². The lowest BCUT2D eigenvalue weighted by molar-refractivity contribution is 0.201. The highest BCUT2D eigenvalue weighted by atomic mass is 16.3. The van der Waals surface area contributed by atoms with Crippen molar-refractivity contribution in [2.75, 3.05) is 13.2 Å². The SMILES string of the molecule is CCC(CO)CCC(CC)CCCO. The van der Waals surface area contributed by atoms with Gasteiger partial charge in [0.25, 0.3) is 0 Å². The van der Waals surface area contributed by atoms with Crippen molar-refractivity contribution in [2.24, 2.45) is 11.8 Å². The number of hydrogen-bond acceptors (Lipinski definition) is 2. The molecule has 0 aromatic carbocycles. The summed E-state index contributed by atoms with van der Waals surface area (Å²) in [5.41, 5.74) is 0. The van der Waals surface area contributed by atoms with Crippen LogP contribution in [0.3, 0.4) is 0 Å². The molecule has 0 amide bonds. The van der Waals surface area contributed by atoms with E-state index in [0.29, 0.717) is 19.1 Å². The Hall–Kier alpha value is -0.0800. The molecule has 2 unspecified atom stereocenters. The molecule has 0 aliphatic rings. The predicted octanol–water partition coefficient (Wildman–Crippen LogP) is 2.58. The topological polar surface area (TPSA) is 40.5 Å². The molecule has 0 aromatic heterocycles. The Morgan fingerprint density at radius 1 is 0.857 bits per heavy atom. The van der Waals surface area contributed by atoms with Gasteiger partial charge in [-0.3, -0.25) is 0 Å². The van der Waals surface area contributed by atoms with Crippen LogP contribution in [-0.4, -0.2) is 23.4 Å². The van der Waals surface area contributed by atoms with Gasteiger partial charge in [-0.1, -0.05) is 33.1 Å². The molecule has 0 saturated heterocycles. The van der Waals surface area contributed by atoms with Gasteiger partial charge >= 0.3 is 0 Å². The Morgan fingerprint density at radius 2 is 1.43 bits per heavy atom. The first-order valence-corrected chi connectivity index (χ1v) is 6.00. The molecular formula is C12H26O2. The Balaban J connectivity index is 3.59. The molecule has 0 fully saturated rings. The number of aliphatic hydroxyl groups is 2. The normalized spacial score (nSPS) is 15.4. The van der Waals surface area contributed by atoms with E-state index in [-0.39, 0.29) is 0 Å². The zero-order chi connectivity index (χ0) is 10.8. The maximum atomic E-state index is 9.05. The highest BCUT2D eigenvalue weighted by molar-refractivity contribution is 4.62. The van der Waals surface area contributed by atoms with Crippen LogP contribution >= 0.6 is 0 Å². The monoisotopic (exact) mass is 202 g/mol. The van der Waals surface area contributed by atoms with Gasteiger partial charge in [0, 0.05) is 13.2 Å². The summed E-state index contributed by atoms with van der Waals surface area (Å²) in [4.78, 5) is 0. The summed E-state index contributed by atoms with van der Waals surface area (Å²) in [6, 6.07) is 0. The molecule has 2 atom stereocenters. The van der Waals surface area contributed by atoms with E-state index in [1.165, 1.54) is 12.8 Å². The van der Waals surface area contributed by atoms with E-state index in [1.54, 1.807) is 0 Å². The minimum Gasteiger partial charge on any atom is -0.396 e. The van der Waals surface area contributed by atoms with Crippen LogP contribution in [0.25, 0.3) is 0 Å². The second-order valence-electron chi connectivity index (χ2n) is 4.17. The second-order valence-corrected chi connectivity index (χ2v) is 4.17. The summed E-state index contributed by atoms with van der Waals surface area (Å²) in [5.74, 6) is 1.22. The van der Waals surface area contributed by atoms with Gasteiger partial charge in [0.05, 0.1) is 0 Å². The van der Waals surface area contributed by atoms with Crippen LogP contribution in [-0.2, 0) is 0 Å². The summed E-state index contributed by atoms with van der Waals surface area (Å²) < 4.78 is 0. The van der Waals surface area contributed by atoms with Crippen molar-refractivity contribution in [3.63, 3.8) is 0 Å². The van der Waals surface area contributed by atoms with Crippen LogP contribution in [0.15, 0.2) is 0 Å².